The summed E-state index contributed by atoms with van der Waals surface area (Å²) in [5.74, 6) is 1.50. The van der Waals surface area contributed by atoms with Gasteiger partial charge in [-0.3, -0.25) is 0 Å². The van der Waals surface area contributed by atoms with Crippen molar-refractivity contribution in [1.82, 2.24) is 19.1 Å². The summed E-state index contributed by atoms with van der Waals surface area (Å²) in [6.45, 7) is 3.19. The molecule has 1 atom stereocenters. The van der Waals surface area contributed by atoms with Crippen LogP contribution in [0.4, 0.5) is 0 Å². The van der Waals surface area contributed by atoms with E-state index in [1.807, 2.05) is 13.3 Å². The minimum atomic E-state index is -3.12. The van der Waals surface area contributed by atoms with Gasteiger partial charge in [-0.25, -0.2) is 12.7 Å². The Kier molecular flexibility index (Phi) is 3.34. The first-order valence-corrected chi connectivity index (χ1v) is 10.0. The van der Waals surface area contributed by atoms with Crippen LogP contribution in [0.2, 0.25) is 0 Å². The van der Waals surface area contributed by atoms with Crippen LogP contribution in [0.15, 0.2) is 6.33 Å². The van der Waals surface area contributed by atoms with Crippen molar-refractivity contribution >= 4 is 10.0 Å². The molecule has 2 saturated carbocycles. The van der Waals surface area contributed by atoms with Crippen LogP contribution < -0.4 is 0 Å². The van der Waals surface area contributed by atoms with Crippen molar-refractivity contribution in [2.45, 2.75) is 57.4 Å². The van der Waals surface area contributed by atoms with Gasteiger partial charge in [0.15, 0.2) is 0 Å². The maximum atomic E-state index is 12.5. The van der Waals surface area contributed by atoms with Crippen LogP contribution in [0.3, 0.4) is 0 Å². The van der Waals surface area contributed by atoms with Crippen molar-refractivity contribution in [3.63, 3.8) is 0 Å². The maximum absolute atomic E-state index is 12.5. The van der Waals surface area contributed by atoms with Gasteiger partial charge in [0.1, 0.15) is 12.2 Å². The lowest BCUT2D eigenvalue weighted by molar-refractivity contribution is 0.125. The van der Waals surface area contributed by atoms with Crippen molar-refractivity contribution in [3.05, 3.63) is 12.2 Å². The van der Waals surface area contributed by atoms with Gasteiger partial charge >= 0.3 is 0 Å². The van der Waals surface area contributed by atoms with Crippen LogP contribution in [0.5, 0.6) is 0 Å². The highest BCUT2D eigenvalue weighted by atomic mass is 32.2. The van der Waals surface area contributed by atoms with Crippen LogP contribution in [-0.4, -0.2) is 46.3 Å². The molecule has 1 aromatic rings. The molecule has 7 heteroatoms. The average Bonchev–Trinajstić information content (AvgIpc) is 3.02. The predicted molar refractivity (Wildman–Crippen MR) is 83.0 cm³/mol. The third-order valence-corrected chi connectivity index (χ3v) is 7.66. The van der Waals surface area contributed by atoms with E-state index in [1.54, 1.807) is 4.31 Å². The predicted octanol–water partition coefficient (Wildman–Crippen LogP) is 1.92. The SMILES string of the molecule is CCCS(=O)(=O)N1CC(c2nncn2C2CC2)C2(CCC2)C1. The molecule has 4 rings (SSSR count). The summed E-state index contributed by atoms with van der Waals surface area (Å²) in [6.07, 6.45) is 8.35. The Morgan fingerprint density at radius 2 is 2.14 bits per heavy atom. The first kappa shape index (κ1) is 14.6. The second kappa shape index (κ2) is 5.03. The Balaban J connectivity index is 1.65. The Hall–Kier alpha value is -0.950. The van der Waals surface area contributed by atoms with Crippen molar-refractivity contribution in [3.8, 4) is 0 Å². The standard InChI is InChI=1S/C15H24N4O2S/c1-2-8-22(20,21)18-9-13(15(10-18)6-3-7-15)14-17-16-11-19(14)12-4-5-12/h11-13H,2-10H2,1H3. The second-order valence-electron chi connectivity index (χ2n) is 7.20. The van der Waals surface area contributed by atoms with Gasteiger partial charge < -0.3 is 4.57 Å². The normalized spacial score (nSPS) is 28.1. The van der Waals surface area contributed by atoms with E-state index < -0.39 is 10.0 Å². The third kappa shape index (κ3) is 2.21. The minimum Gasteiger partial charge on any atom is -0.314 e. The smallest absolute Gasteiger partial charge is 0.214 e. The van der Waals surface area contributed by atoms with Gasteiger partial charge in [-0.2, -0.15) is 0 Å². The average molecular weight is 324 g/mol. The van der Waals surface area contributed by atoms with Gasteiger partial charge in [0.25, 0.3) is 0 Å². The van der Waals surface area contributed by atoms with Crippen LogP contribution in [0.1, 0.15) is 63.2 Å². The van der Waals surface area contributed by atoms with Crippen LogP contribution in [0.25, 0.3) is 0 Å². The monoisotopic (exact) mass is 324 g/mol. The summed E-state index contributed by atoms with van der Waals surface area (Å²) in [7, 11) is -3.12. The molecular formula is C15H24N4O2S. The Bertz CT molecular complexity index is 661. The van der Waals surface area contributed by atoms with Gasteiger partial charge in [-0.1, -0.05) is 13.3 Å². The number of sulfonamides is 1. The molecule has 1 aliphatic heterocycles. The Morgan fingerprint density at radius 1 is 1.36 bits per heavy atom. The largest absolute Gasteiger partial charge is 0.314 e. The number of nitrogens with zero attached hydrogens (tertiary/aromatic N) is 4. The molecule has 1 unspecified atom stereocenters. The molecule has 22 heavy (non-hydrogen) atoms. The van der Waals surface area contributed by atoms with Crippen molar-refractivity contribution in [1.29, 1.82) is 0 Å². The van der Waals surface area contributed by atoms with E-state index in [4.69, 9.17) is 0 Å². The van der Waals surface area contributed by atoms with Gasteiger partial charge in [-0.15, -0.1) is 10.2 Å². The van der Waals surface area contributed by atoms with Gasteiger partial charge in [0, 0.05) is 25.0 Å². The van der Waals surface area contributed by atoms with E-state index >= 15 is 0 Å². The number of aromatic nitrogens is 3. The zero-order chi connectivity index (χ0) is 15.4. The highest BCUT2D eigenvalue weighted by Crippen LogP contribution is 2.56. The van der Waals surface area contributed by atoms with Gasteiger partial charge in [0.05, 0.1) is 5.75 Å². The summed E-state index contributed by atoms with van der Waals surface area (Å²) < 4.78 is 28.9. The van der Waals surface area contributed by atoms with Crippen molar-refractivity contribution in [2.24, 2.45) is 5.41 Å². The second-order valence-corrected chi connectivity index (χ2v) is 9.29. The first-order valence-electron chi connectivity index (χ1n) is 8.43. The molecule has 2 heterocycles. The number of hydrogen-bond acceptors (Lipinski definition) is 4. The summed E-state index contributed by atoms with van der Waals surface area (Å²) in [5.41, 5.74) is 0.112. The van der Waals surface area contributed by atoms with E-state index in [2.05, 4.69) is 14.8 Å². The summed E-state index contributed by atoms with van der Waals surface area (Å²) in [4.78, 5) is 0. The lowest BCUT2D eigenvalue weighted by atomic mass is 9.62. The van der Waals surface area contributed by atoms with Crippen molar-refractivity contribution < 1.29 is 8.42 Å². The summed E-state index contributed by atoms with van der Waals surface area (Å²) in [6, 6.07) is 0.545. The summed E-state index contributed by atoms with van der Waals surface area (Å²) in [5, 5.41) is 8.51. The molecule has 0 radical (unpaired) electrons. The molecule has 3 fully saturated rings. The number of hydrogen-bond donors (Lipinski definition) is 0. The summed E-state index contributed by atoms with van der Waals surface area (Å²) >= 11 is 0. The van der Waals surface area contributed by atoms with Gasteiger partial charge in [0.2, 0.25) is 10.0 Å². The fraction of sp³-hybridized carbons (Fsp3) is 0.867. The fourth-order valence-electron chi connectivity index (χ4n) is 4.15. The molecule has 6 nitrogen and oxygen atoms in total. The van der Waals surface area contributed by atoms with Crippen LogP contribution in [-0.2, 0) is 10.0 Å². The van der Waals surface area contributed by atoms with Gasteiger partial charge in [-0.05, 0) is 37.5 Å². The molecule has 2 aliphatic carbocycles. The fourth-order valence-corrected chi connectivity index (χ4v) is 5.75. The molecular weight excluding hydrogens is 300 g/mol. The van der Waals surface area contributed by atoms with E-state index in [0.717, 1.165) is 18.7 Å². The lowest BCUT2D eigenvalue weighted by Gasteiger charge is -2.42. The molecule has 0 aromatic carbocycles. The highest BCUT2D eigenvalue weighted by molar-refractivity contribution is 7.89. The highest BCUT2D eigenvalue weighted by Gasteiger charge is 2.55. The van der Waals surface area contributed by atoms with Crippen LogP contribution >= 0.6 is 0 Å². The van der Waals surface area contributed by atoms with Crippen LogP contribution in [0, 0.1) is 5.41 Å². The molecule has 122 valence electrons. The third-order valence-electron chi connectivity index (χ3n) is 5.67. The molecule has 0 amide bonds. The Labute approximate surface area is 132 Å². The first-order chi connectivity index (χ1) is 10.6. The quantitative estimate of drug-likeness (QED) is 0.830. The zero-order valence-electron chi connectivity index (χ0n) is 13.1. The maximum Gasteiger partial charge on any atom is 0.214 e. The molecule has 1 saturated heterocycles. The molecule has 1 aromatic heterocycles. The zero-order valence-corrected chi connectivity index (χ0v) is 13.9. The topological polar surface area (TPSA) is 68.1 Å². The van der Waals surface area contributed by atoms with E-state index in [0.29, 0.717) is 25.6 Å². The van der Waals surface area contributed by atoms with E-state index in [9.17, 15) is 8.42 Å². The number of rotatable bonds is 5. The Morgan fingerprint density at radius 3 is 2.73 bits per heavy atom. The minimum absolute atomic E-state index is 0.112. The molecule has 1 spiro atoms. The van der Waals surface area contributed by atoms with E-state index in [-0.39, 0.29) is 17.1 Å². The molecule has 0 N–H and O–H groups in total. The van der Waals surface area contributed by atoms with E-state index in [1.165, 1.54) is 19.3 Å². The van der Waals surface area contributed by atoms with Crippen molar-refractivity contribution in [2.75, 3.05) is 18.8 Å². The molecule has 0 bridgehead atoms. The lowest BCUT2D eigenvalue weighted by Crippen LogP contribution is -2.38. The molecule has 3 aliphatic rings.